The molecule has 3 heterocycles. The van der Waals surface area contributed by atoms with Crippen LogP contribution >= 0.6 is 39.3 Å². The molecule has 0 aliphatic carbocycles. The van der Waals surface area contributed by atoms with E-state index in [1.54, 1.807) is 18.0 Å². The number of halogens is 2. The lowest BCUT2D eigenvalue weighted by Gasteiger charge is -2.48. The summed E-state index contributed by atoms with van der Waals surface area (Å²) in [4.78, 5) is 5.19. The Kier molecular flexibility index (Phi) is 7.17. The molecule has 2 aromatic rings. The zero-order valence-corrected chi connectivity index (χ0v) is 19.3. The Hall–Kier alpha value is -0.670. The summed E-state index contributed by atoms with van der Waals surface area (Å²) in [6.07, 6.45) is 0.823. The van der Waals surface area contributed by atoms with E-state index in [1.807, 2.05) is 43.3 Å². The van der Waals surface area contributed by atoms with Gasteiger partial charge in [0.1, 0.15) is 16.1 Å². The highest BCUT2D eigenvalue weighted by Crippen LogP contribution is 2.43. The van der Waals surface area contributed by atoms with Crippen molar-refractivity contribution in [3.8, 4) is 0 Å². The Labute approximate surface area is 188 Å². The molecule has 0 N–H and O–H groups in total. The zero-order chi connectivity index (χ0) is 20.4. The number of nitrogens with zero attached hydrogens (tertiary/aromatic N) is 1. The Morgan fingerprint density at radius 1 is 1.28 bits per heavy atom. The van der Waals surface area contributed by atoms with Gasteiger partial charge in [0.15, 0.2) is 6.29 Å². The molecule has 2 saturated heterocycles. The van der Waals surface area contributed by atoms with Gasteiger partial charge in [0.2, 0.25) is 0 Å². The number of ether oxygens (including phenoxy) is 4. The molecule has 1 aromatic heterocycles. The molecule has 29 heavy (non-hydrogen) atoms. The number of fused-ring (bicyclic) bond motifs is 1. The van der Waals surface area contributed by atoms with Gasteiger partial charge >= 0.3 is 0 Å². The van der Waals surface area contributed by atoms with Crippen molar-refractivity contribution in [1.82, 2.24) is 4.98 Å². The number of pyridine rings is 1. The molecule has 2 aliphatic heterocycles. The Balaban J connectivity index is 1.53. The Bertz CT molecular complexity index is 830. The first-order valence-electron chi connectivity index (χ1n) is 9.63. The number of hydrogen-bond acceptors (Lipinski definition) is 6. The maximum absolute atomic E-state index is 6.41. The van der Waals surface area contributed by atoms with Crippen LogP contribution in [0.15, 0.2) is 52.1 Å². The van der Waals surface area contributed by atoms with Crippen LogP contribution in [0.25, 0.3) is 0 Å². The highest BCUT2D eigenvalue weighted by Gasteiger charge is 2.48. The van der Waals surface area contributed by atoms with Gasteiger partial charge in [-0.15, -0.1) is 0 Å². The lowest BCUT2D eigenvalue weighted by atomic mass is 9.90. The van der Waals surface area contributed by atoms with Gasteiger partial charge in [0.25, 0.3) is 0 Å². The quantitative estimate of drug-likeness (QED) is 0.508. The summed E-state index contributed by atoms with van der Waals surface area (Å²) in [7, 11) is 0. The molecule has 6 atom stereocenters. The van der Waals surface area contributed by atoms with Crippen molar-refractivity contribution >= 4 is 39.3 Å². The third kappa shape index (κ3) is 4.82. The fourth-order valence-electron chi connectivity index (χ4n) is 3.72. The number of hydrogen-bond donors (Lipinski definition) is 0. The van der Waals surface area contributed by atoms with Crippen molar-refractivity contribution in [2.24, 2.45) is 5.92 Å². The summed E-state index contributed by atoms with van der Waals surface area (Å²) in [6.45, 7) is 5.22. The summed E-state index contributed by atoms with van der Waals surface area (Å²) in [6, 6.07) is 11.9. The summed E-state index contributed by atoms with van der Waals surface area (Å²) >= 11 is 11.2. The van der Waals surface area contributed by atoms with E-state index in [-0.39, 0.29) is 36.0 Å². The molecular formula is C21H23BrClNO4S. The third-order valence-corrected chi connectivity index (χ3v) is 7.40. The van der Waals surface area contributed by atoms with Gasteiger partial charge in [-0.25, -0.2) is 4.98 Å². The highest BCUT2D eigenvalue weighted by atomic mass is 79.9. The molecule has 0 radical (unpaired) electrons. The van der Waals surface area contributed by atoms with Crippen molar-refractivity contribution in [2.45, 2.75) is 48.8 Å². The molecule has 0 saturated carbocycles. The summed E-state index contributed by atoms with van der Waals surface area (Å²) < 4.78 is 25.6. The zero-order valence-electron chi connectivity index (χ0n) is 16.2. The molecule has 0 spiro atoms. The van der Waals surface area contributed by atoms with Crippen molar-refractivity contribution in [3.63, 3.8) is 0 Å². The van der Waals surface area contributed by atoms with Gasteiger partial charge in [0, 0.05) is 29.2 Å². The molecule has 4 rings (SSSR count). The van der Waals surface area contributed by atoms with Crippen LogP contribution in [0.1, 0.15) is 25.7 Å². The first-order valence-corrected chi connectivity index (χ1v) is 11.7. The number of thioether (sulfide) groups is 1. The average Bonchev–Trinajstić information content (AvgIpc) is 2.74. The van der Waals surface area contributed by atoms with E-state index in [1.165, 1.54) is 0 Å². The van der Waals surface area contributed by atoms with Gasteiger partial charge in [-0.2, -0.15) is 0 Å². The standard InChI is InChI=1S/C21H23BrClNO4S/c1-3-25-18-12(2)17-15(11-26-20(28-17)13-7-5-4-6-8-13)27-21(18)29-16-9-14(23)10-24-19(16)22/h4-10,12,15,17-18,20-21H,3,11H2,1-2H3/t12?,15?,17-,18?,20?,21-/m1/s1. The summed E-state index contributed by atoms with van der Waals surface area (Å²) in [5, 5.41) is 0.584. The minimum absolute atomic E-state index is 0.108. The minimum atomic E-state index is -0.388. The smallest absolute Gasteiger partial charge is 0.184 e. The molecule has 2 fully saturated rings. The van der Waals surface area contributed by atoms with Crippen molar-refractivity contribution in [2.75, 3.05) is 13.2 Å². The fourth-order valence-corrected chi connectivity index (χ4v) is 5.70. The van der Waals surface area contributed by atoms with Crippen LogP contribution in [0.2, 0.25) is 5.02 Å². The number of rotatable bonds is 5. The second kappa shape index (κ2) is 9.64. The molecular weight excluding hydrogens is 478 g/mol. The van der Waals surface area contributed by atoms with E-state index in [4.69, 9.17) is 30.5 Å². The van der Waals surface area contributed by atoms with E-state index in [2.05, 4.69) is 27.8 Å². The largest absolute Gasteiger partial charge is 0.374 e. The van der Waals surface area contributed by atoms with Crippen LogP contribution in [-0.2, 0) is 18.9 Å². The van der Waals surface area contributed by atoms with Crippen LogP contribution in [0.3, 0.4) is 0 Å². The highest BCUT2D eigenvalue weighted by molar-refractivity contribution is 9.10. The van der Waals surface area contributed by atoms with Gasteiger partial charge in [-0.05, 0) is 28.9 Å². The van der Waals surface area contributed by atoms with E-state index in [0.717, 1.165) is 15.1 Å². The first-order chi connectivity index (χ1) is 14.1. The van der Waals surface area contributed by atoms with Gasteiger partial charge in [0.05, 0.1) is 23.8 Å². The Morgan fingerprint density at radius 2 is 2.07 bits per heavy atom. The monoisotopic (exact) mass is 499 g/mol. The molecule has 8 heteroatoms. The second-order valence-corrected chi connectivity index (χ2v) is 9.39. The third-order valence-electron chi connectivity index (χ3n) is 5.12. The van der Waals surface area contributed by atoms with E-state index < -0.39 is 0 Å². The second-order valence-electron chi connectivity index (χ2n) is 7.06. The Morgan fingerprint density at radius 3 is 2.83 bits per heavy atom. The topological polar surface area (TPSA) is 49.8 Å². The van der Waals surface area contributed by atoms with E-state index >= 15 is 0 Å². The average molecular weight is 501 g/mol. The van der Waals surface area contributed by atoms with Gasteiger partial charge in [-0.3, -0.25) is 0 Å². The first kappa shape index (κ1) is 21.6. The summed E-state index contributed by atoms with van der Waals surface area (Å²) in [5.74, 6) is 0.132. The predicted molar refractivity (Wildman–Crippen MR) is 116 cm³/mol. The van der Waals surface area contributed by atoms with Crippen LogP contribution in [0.4, 0.5) is 0 Å². The van der Waals surface area contributed by atoms with E-state index in [9.17, 15) is 0 Å². The fraction of sp³-hybridized carbons (Fsp3) is 0.476. The van der Waals surface area contributed by atoms with Gasteiger partial charge in [-0.1, -0.05) is 60.6 Å². The molecule has 5 nitrogen and oxygen atoms in total. The van der Waals surface area contributed by atoms with Crippen LogP contribution in [-0.4, -0.2) is 41.9 Å². The molecule has 1 aromatic carbocycles. The summed E-state index contributed by atoms with van der Waals surface area (Å²) in [5.41, 5.74) is 0.791. The maximum Gasteiger partial charge on any atom is 0.184 e. The van der Waals surface area contributed by atoms with E-state index in [0.29, 0.717) is 18.2 Å². The van der Waals surface area contributed by atoms with Crippen molar-refractivity contribution in [1.29, 1.82) is 0 Å². The lowest BCUT2D eigenvalue weighted by molar-refractivity contribution is -0.310. The van der Waals surface area contributed by atoms with Crippen LogP contribution < -0.4 is 0 Å². The maximum atomic E-state index is 6.41. The SMILES string of the molecule is CCOC1C(C)[C@H]2OC(c3ccccc3)OCC2O[C@@H]1Sc1cc(Cl)cnc1Br. The normalized spacial score (nSPS) is 32.0. The molecule has 0 amide bonds. The minimum Gasteiger partial charge on any atom is -0.374 e. The molecule has 4 unspecified atom stereocenters. The molecule has 156 valence electrons. The van der Waals surface area contributed by atoms with Crippen LogP contribution in [0, 0.1) is 5.92 Å². The molecule has 0 bridgehead atoms. The number of benzene rings is 1. The number of aromatic nitrogens is 1. The molecule has 2 aliphatic rings. The van der Waals surface area contributed by atoms with Crippen LogP contribution in [0.5, 0.6) is 0 Å². The van der Waals surface area contributed by atoms with Crippen molar-refractivity contribution in [3.05, 3.63) is 57.8 Å². The van der Waals surface area contributed by atoms with Gasteiger partial charge < -0.3 is 18.9 Å². The van der Waals surface area contributed by atoms with Crippen molar-refractivity contribution < 1.29 is 18.9 Å². The predicted octanol–water partition coefficient (Wildman–Crippen LogP) is 5.47. The lowest BCUT2D eigenvalue weighted by Crippen LogP contribution is -2.57.